The van der Waals surface area contributed by atoms with Crippen LogP contribution in [0.25, 0.3) is 22.2 Å². The zero-order valence-electron chi connectivity index (χ0n) is 16.5. The highest BCUT2D eigenvalue weighted by Gasteiger charge is 2.28. The minimum absolute atomic E-state index is 0.539. The number of hydrogen-bond acceptors (Lipinski definition) is 4. The number of benzene rings is 1. The summed E-state index contributed by atoms with van der Waals surface area (Å²) < 4.78 is 7.70. The molecule has 2 aromatic heterocycles. The summed E-state index contributed by atoms with van der Waals surface area (Å²) in [7, 11) is 2.07. The van der Waals surface area contributed by atoms with Crippen molar-refractivity contribution in [1.29, 1.82) is 0 Å². The number of aromatic nitrogens is 2. The van der Waals surface area contributed by atoms with Crippen LogP contribution in [0.15, 0.2) is 28.8 Å². The Morgan fingerprint density at radius 3 is 2.67 bits per heavy atom. The Kier molecular flexibility index (Phi) is 5.06. The molecule has 3 aromatic rings. The fraction of sp³-hybridized carbons (Fsp3) is 0.500. The molecule has 1 N–H and O–H groups in total. The van der Waals surface area contributed by atoms with Crippen LogP contribution in [-0.4, -0.2) is 39.4 Å². The summed E-state index contributed by atoms with van der Waals surface area (Å²) in [5.41, 5.74) is 5.15. The van der Waals surface area contributed by atoms with E-state index < -0.39 is 6.10 Å². The molecule has 1 aliphatic rings. The second kappa shape index (κ2) is 7.49. The maximum atomic E-state index is 11.3. The molecular formula is C22H29N3O2. The molecule has 3 heterocycles. The highest BCUT2D eigenvalue weighted by atomic mass is 16.5. The highest BCUT2D eigenvalue weighted by molar-refractivity contribution is 5.93. The molecular weight excluding hydrogens is 338 g/mol. The summed E-state index contributed by atoms with van der Waals surface area (Å²) in [5.74, 6) is 0.809. The van der Waals surface area contributed by atoms with Gasteiger partial charge >= 0.3 is 0 Å². The van der Waals surface area contributed by atoms with Gasteiger partial charge in [0.1, 0.15) is 5.76 Å². The van der Waals surface area contributed by atoms with Crippen LogP contribution >= 0.6 is 0 Å². The third-order valence-corrected chi connectivity index (χ3v) is 5.86. The Labute approximate surface area is 160 Å². The average Bonchev–Trinajstić information content (AvgIpc) is 3.19. The third kappa shape index (κ3) is 3.19. The van der Waals surface area contributed by atoms with Crippen molar-refractivity contribution in [3.8, 4) is 11.3 Å². The summed E-state index contributed by atoms with van der Waals surface area (Å²) in [5, 5.41) is 16.7. The van der Waals surface area contributed by atoms with Crippen molar-refractivity contribution >= 4 is 10.9 Å². The molecule has 5 nitrogen and oxygen atoms in total. The lowest BCUT2D eigenvalue weighted by atomic mass is 9.98. The lowest BCUT2D eigenvalue weighted by Gasteiger charge is -2.29. The molecule has 0 bridgehead atoms. The molecule has 144 valence electrons. The summed E-state index contributed by atoms with van der Waals surface area (Å²) in [6, 6.07) is 8.32. The number of aryl methyl sites for hydroxylation is 3. The van der Waals surface area contributed by atoms with Crippen LogP contribution in [0.2, 0.25) is 0 Å². The quantitative estimate of drug-likeness (QED) is 0.733. The van der Waals surface area contributed by atoms with Crippen LogP contribution < -0.4 is 0 Å². The number of likely N-dealkylation sites (tertiary alicyclic amines) is 1. The first kappa shape index (κ1) is 18.3. The Morgan fingerprint density at radius 2 is 1.93 bits per heavy atom. The van der Waals surface area contributed by atoms with Gasteiger partial charge in [-0.1, -0.05) is 36.7 Å². The van der Waals surface area contributed by atoms with Crippen LogP contribution in [0.1, 0.15) is 49.3 Å². The Balaban J connectivity index is 1.86. The number of nitrogens with zero attached hydrogens (tertiary/aromatic N) is 3. The molecule has 0 amide bonds. The minimum Gasteiger partial charge on any atom is -0.387 e. The number of hydrogen-bond donors (Lipinski definition) is 1. The van der Waals surface area contributed by atoms with Crippen LogP contribution in [0.4, 0.5) is 0 Å². The van der Waals surface area contributed by atoms with E-state index in [-0.39, 0.29) is 0 Å². The van der Waals surface area contributed by atoms with E-state index in [0.717, 1.165) is 58.7 Å². The van der Waals surface area contributed by atoms with Crippen LogP contribution in [0.5, 0.6) is 0 Å². The number of fused-ring (bicyclic) bond motifs is 1. The molecule has 0 saturated carbocycles. The lowest BCUT2D eigenvalue weighted by Crippen LogP contribution is -2.33. The van der Waals surface area contributed by atoms with Gasteiger partial charge in [0.2, 0.25) is 0 Å². The van der Waals surface area contributed by atoms with E-state index in [1.807, 2.05) is 19.1 Å². The number of β-amino-alcohol motifs (C(OH)–C–C–N with tert-alkyl or cyclic N) is 1. The van der Waals surface area contributed by atoms with Gasteiger partial charge in [-0.2, -0.15) is 0 Å². The molecule has 1 fully saturated rings. The van der Waals surface area contributed by atoms with Crippen LogP contribution in [-0.2, 0) is 13.5 Å². The van der Waals surface area contributed by atoms with Gasteiger partial charge in [-0.15, -0.1) is 0 Å². The van der Waals surface area contributed by atoms with Crippen molar-refractivity contribution in [1.82, 2.24) is 14.6 Å². The fourth-order valence-electron chi connectivity index (χ4n) is 4.50. The van der Waals surface area contributed by atoms with Crippen molar-refractivity contribution in [2.75, 3.05) is 19.6 Å². The molecule has 4 rings (SSSR count). The van der Waals surface area contributed by atoms with Gasteiger partial charge in [-0.05, 0) is 45.3 Å². The van der Waals surface area contributed by atoms with Crippen molar-refractivity contribution < 1.29 is 9.63 Å². The normalized spacial score (nSPS) is 16.9. The van der Waals surface area contributed by atoms with Gasteiger partial charge in [-0.3, -0.25) is 0 Å². The van der Waals surface area contributed by atoms with Crippen LogP contribution in [0.3, 0.4) is 0 Å². The predicted molar refractivity (Wildman–Crippen MR) is 108 cm³/mol. The standard InChI is InChI=1S/C22H29N3O2/c1-4-17-20(15(2)27-23-17)22-21(16-10-6-7-11-18(16)24(22)3)19(26)14-25-12-8-5-9-13-25/h6-7,10-11,19,26H,4-5,8-9,12-14H2,1-3H3. The number of rotatable bonds is 5. The van der Waals surface area contributed by atoms with E-state index in [1.165, 1.54) is 19.3 Å². The average molecular weight is 367 g/mol. The zero-order valence-corrected chi connectivity index (χ0v) is 16.5. The Hall–Kier alpha value is -2.11. The lowest BCUT2D eigenvalue weighted by molar-refractivity contribution is 0.103. The summed E-state index contributed by atoms with van der Waals surface area (Å²) >= 11 is 0. The summed E-state index contributed by atoms with van der Waals surface area (Å²) in [6.45, 7) is 6.87. The van der Waals surface area contributed by atoms with E-state index in [9.17, 15) is 5.11 Å². The Morgan fingerprint density at radius 1 is 1.19 bits per heavy atom. The minimum atomic E-state index is -0.539. The SMILES string of the molecule is CCc1noc(C)c1-c1c(C(O)CN2CCCCC2)c2ccccc2n1C. The van der Waals surface area contributed by atoms with Gasteiger partial charge < -0.3 is 19.1 Å². The van der Waals surface area contributed by atoms with E-state index in [0.29, 0.717) is 6.54 Å². The van der Waals surface area contributed by atoms with Crippen LogP contribution in [0, 0.1) is 6.92 Å². The molecule has 1 atom stereocenters. The zero-order chi connectivity index (χ0) is 19.0. The topological polar surface area (TPSA) is 54.4 Å². The van der Waals surface area contributed by atoms with Gasteiger partial charge in [0.05, 0.1) is 23.1 Å². The second-order valence-corrected chi connectivity index (χ2v) is 7.63. The van der Waals surface area contributed by atoms with Crippen molar-refractivity contribution in [2.45, 2.75) is 45.6 Å². The largest absolute Gasteiger partial charge is 0.387 e. The molecule has 0 radical (unpaired) electrons. The monoisotopic (exact) mass is 367 g/mol. The van der Waals surface area contributed by atoms with E-state index >= 15 is 0 Å². The van der Waals surface area contributed by atoms with Gasteiger partial charge in [0, 0.05) is 30.1 Å². The second-order valence-electron chi connectivity index (χ2n) is 7.63. The first-order valence-corrected chi connectivity index (χ1v) is 10.0. The first-order valence-electron chi connectivity index (χ1n) is 10.0. The van der Waals surface area contributed by atoms with E-state index in [2.05, 4.69) is 40.7 Å². The van der Waals surface area contributed by atoms with Crippen molar-refractivity contribution in [2.24, 2.45) is 7.05 Å². The molecule has 0 aliphatic carbocycles. The van der Waals surface area contributed by atoms with Gasteiger partial charge in [0.25, 0.3) is 0 Å². The molecule has 5 heteroatoms. The Bertz CT molecular complexity index is 935. The number of aliphatic hydroxyl groups excluding tert-OH is 1. The summed E-state index contributed by atoms with van der Waals surface area (Å²) in [4.78, 5) is 2.39. The molecule has 1 saturated heterocycles. The predicted octanol–water partition coefficient (Wildman–Crippen LogP) is 4.22. The summed E-state index contributed by atoms with van der Waals surface area (Å²) in [6.07, 6.45) is 4.00. The van der Waals surface area contributed by atoms with Crippen molar-refractivity contribution in [3.05, 3.63) is 41.3 Å². The molecule has 0 spiro atoms. The maximum Gasteiger partial charge on any atom is 0.143 e. The molecule has 1 unspecified atom stereocenters. The molecule has 1 aromatic carbocycles. The van der Waals surface area contributed by atoms with Crippen molar-refractivity contribution in [3.63, 3.8) is 0 Å². The van der Waals surface area contributed by atoms with E-state index in [1.54, 1.807) is 0 Å². The number of piperidine rings is 1. The molecule has 27 heavy (non-hydrogen) atoms. The molecule has 1 aliphatic heterocycles. The van der Waals surface area contributed by atoms with Gasteiger partial charge in [0.15, 0.2) is 0 Å². The highest BCUT2D eigenvalue weighted by Crippen LogP contribution is 2.40. The maximum absolute atomic E-state index is 11.3. The number of para-hydroxylation sites is 1. The third-order valence-electron chi connectivity index (χ3n) is 5.86. The number of aliphatic hydroxyl groups is 1. The fourth-order valence-corrected chi connectivity index (χ4v) is 4.50. The first-order chi connectivity index (χ1) is 13.1. The van der Waals surface area contributed by atoms with Gasteiger partial charge in [-0.25, -0.2) is 0 Å². The smallest absolute Gasteiger partial charge is 0.143 e. The van der Waals surface area contributed by atoms with E-state index in [4.69, 9.17) is 4.52 Å².